The van der Waals surface area contributed by atoms with E-state index in [-0.39, 0.29) is 0 Å². The molecule has 0 aliphatic rings. The number of hydrogen-bond donors (Lipinski definition) is 1. The van der Waals surface area contributed by atoms with Gasteiger partial charge in [-0.15, -0.1) is 0 Å². The first-order valence-electron chi connectivity index (χ1n) is 6.04. The van der Waals surface area contributed by atoms with Gasteiger partial charge in [-0.2, -0.15) is 5.10 Å². The largest absolute Gasteiger partial charge is 0.313 e. The molecule has 0 amide bonds. The highest BCUT2D eigenvalue weighted by atomic mass is 15.3. The van der Waals surface area contributed by atoms with Crippen molar-refractivity contribution in [3.05, 3.63) is 47.3 Å². The first kappa shape index (κ1) is 11.9. The Morgan fingerprint density at radius 1 is 1.24 bits per heavy atom. The molecule has 17 heavy (non-hydrogen) atoms. The van der Waals surface area contributed by atoms with Crippen molar-refractivity contribution in [2.24, 2.45) is 0 Å². The minimum Gasteiger partial charge on any atom is -0.313 e. The van der Waals surface area contributed by atoms with Crippen molar-refractivity contribution < 1.29 is 0 Å². The highest BCUT2D eigenvalue weighted by molar-refractivity contribution is 5.37. The van der Waals surface area contributed by atoms with E-state index in [2.05, 4.69) is 54.6 Å². The number of aromatic nitrogens is 2. The van der Waals surface area contributed by atoms with E-state index in [1.165, 1.54) is 11.3 Å². The second-order valence-electron chi connectivity index (χ2n) is 4.29. The number of hydrogen-bond acceptors (Lipinski definition) is 2. The monoisotopic (exact) mass is 229 g/mol. The summed E-state index contributed by atoms with van der Waals surface area (Å²) in [6.45, 7) is 8.11. The van der Waals surface area contributed by atoms with Crippen molar-refractivity contribution in [2.45, 2.75) is 27.3 Å². The second kappa shape index (κ2) is 5.15. The number of benzene rings is 1. The Morgan fingerprint density at radius 2 is 2.06 bits per heavy atom. The maximum absolute atomic E-state index is 4.50. The molecule has 0 spiro atoms. The summed E-state index contributed by atoms with van der Waals surface area (Å²) >= 11 is 0. The lowest BCUT2D eigenvalue weighted by molar-refractivity contribution is 0.725. The van der Waals surface area contributed by atoms with Gasteiger partial charge in [-0.3, -0.25) is 0 Å². The Morgan fingerprint density at radius 3 is 2.71 bits per heavy atom. The Labute approximate surface area is 102 Å². The van der Waals surface area contributed by atoms with Crippen LogP contribution in [0.2, 0.25) is 0 Å². The zero-order valence-electron chi connectivity index (χ0n) is 10.7. The van der Waals surface area contributed by atoms with Crippen LogP contribution >= 0.6 is 0 Å². The quantitative estimate of drug-likeness (QED) is 0.873. The predicted molar refractivity (Wildman–Crippen MR) is 70.4 cm³/mol. The van der Waals surface area contributed by atoms with Crippen LogP contribution in [0, 0.1) is 13.8 Å². The lowest BCUT2D eigenvalue weighted by atomic mass is 10.2. The van der Waals surface area contributed by atoms with E-state index in [0.29, 0.717) is 0 Å². The van der Waals surface area contributed by atoms with Crippen molar-refractivity contribution in [3.63, 3.8) is 0 Å². The number of nitrogens with zero attached hydrogens (tertiary/aromatic N) is 2. The first-order chi connectivity index (χ1) is 8.20. The van der Waals surface area contributed by atoms with E-state index in [0.717, 1.165) is 24.5 Å². The van der Waals surface area contributed by atoms with Crippen molar-refractivity contribution in [2.75, 3.05) is 6.54 Å². The molecule has 3 nitrogen and oxygen atoms in total. The molecule has 0 saturated carbocycles. The van der Waals surface area contributed by atoms with E-state index in [9.17, 15) is 0 Å². The maximum Gasteiger partial charge on any atom is 0.0651 e. The van der Waals surface area contributed by atoms with E-state index >= 15 is 0 Å². The average molecular weight is 229 g/mol. The highest BCUT2D eigenvalue weighted by Crippen LogP contribution is 2.13. The van der Waals surface area contributed by atoms with Gasteiger partial charge in [0.25, 0.3) is 0 Å². The highest BCUT2D eigenvalue weighted by Gasteiger charge is 2.03. The summed E-state index contributed by atoms with van der Waals surface area (Å²) in [4.78, 5) is 0. The van der Waals surface area contributed by atoms with Crippen LogP contribution in [-0.2, 0) is 6.54 Å². The standard InChI is InChI=1S/C14H19N3/c1-4-15-10-13-6-5-7-14(9-13)17-12(3)8-11(2)16-17/h5-9,15H,4,10H2,1-3H3. The van der Waals surface area contributed by atoms with Gasteiger partial charge in [-0.05, 0) is 44.2 Å². The molecule has 1 aromatic heterocycles. The minimum atomic E-state index is 0.906. The Balaban J connectivity index is 2.29. The molecule has 0 unspecified atom stereocenters. The molecule has 0 bridgehead atoms. The molecule has 0 saturated heterocycles. The van der Waals surface area contributed by atoms with E-state index in [1.807, 2.05) is 11.6 Å². The van der Waals surface area contributed by atoms with Gasteiger partial charge in [0.2, 0.25) is 0 Å². The van der Waals surface area contributed by atoms with Gasteiger partial charge in [0, 0.05) is 12.2 Å². The molecule has 3 heteroatoms. The molecule has 90 valence electrons. The molecule has 1 aromatic carbocycles. The van der Waals surface area contributed by atoms with E-state index in [1.54, 1.807) is 0 Å². The predicted octanol–water partition coefficient (Wildman–Crippen LogP) is 2.60. The van der Waals surface area contributed by atoms with Crippen LogP contribution in [0.25, 0.3) is 5.69 Å². The molecular formula is C14H19N3. The second-order valence-corrected chi connectivity index (χ2v) is 4.29. The zero-order valence-corrected chi connectivity index (χ0v) is 10.7. The van der Waals surface area contributed by atoms with E-state index < -0.39 is 0 Å². The third-order valence-electron chi connectivity index (χ3n) is 2.74. The number of aryl methyl sites for hydroxylation is 2. The Kier molecular flexibility index (Phi) is 3.59. The summed E-state index contributed by atoms with van der Waals surface area (Å²) in [6, 6.07) is 10.6. The van der Waals surface area contributed by atoms with Crippen molar-refractivity contribution in [1.29, 1.82) is 0 Å². The van der Waals surface area contributed by atoms with Crippen LogP contribution in [-0.4, -0.2) is 16.3 Å². The maximum atomic E-state index is 4.50. The van der Waals surface area contributed by atoms with Crippen molar-refractivity contribution in [1.82, 2.24) is 15.1 Å². The van der Waals surface area contributed by atoms with Crippen LogP contribution in [0.4, 0.5) is 0 Å². The first-order valence-corrected chi connectivity index (χ1v) is 6.04. The van der Waals surface area contributed by atoms with Crippen LogP contribution in [0.1, 0.15) is 23.9 Å². The molecule has 0 aliphatic carbocycles. The van der Waals surface area contributed by atoms with Crippen molar-refractivity contribution >= 4 is 0 Å². The van der Waals surface area contributed by atoms with Crippen molar-refractivity contribution in [3.8, 4) is 5.69 Å². The summed E-state index contributed by atoms with van der Waals surface area (Å²) in [7, 11) is 0. The van der Waals surface area contributed by atoms with Crippen LogP contribution < -0.4 is 5.32 Å². The topological polar surface area (TPSA) is 29.9 Å². The number of nitrogens with one attached hydrogen (secondary N) is 1. The van der Waals surface area contributed by atoms with Crippen LogP contribution in [0.15, 0.2) is 30.3 Å². The summed E-state index contributed by atoms with van der Waals surface area (Å²) in [6.07, 6.45) is 0. The summed E-state index contributed by atoms with van der Waals surface area (Å²) in [5.41, 5.74) is 4.64. The molecule has 1 N–H and O–H groups in total. The molecule has 0 atom stereocenters. The Hall–Kier alpha value is -1.61. The van der Waals surface area contributed by atoms with Crippen LogP contribution in [0.5, 0.6) is 0 Å². The van der Waals surface area contributed by atoms with E-state index in [4.69, 9.17) is 0 Å². The molecule has 2 rings (SSSR count). The van der Waals surface area contributed by atoms with Gasteiger partial charge in [-0.1, -0.05) is 19.1 Å². The van der Waals surface area contributed by atoms with Gasteiger partial charge in [0.05, 0.1) is 11.4 Å². The van der Waals surface area contributed by atoms with Gasteiger partial charge in [0.15, 0.2) is 0 Å². The third kappa shape index (κ3) is 2.74. The lowest BCUT2D eigenvalue weighted by Crippen LogP contribution is -2.12. The molecule has 1 heterocycles. The summed E-state index contributed by atoms with van der Waals surface area (Å²) in [5.74, 6) is 0. The van der Waals surface area contributed by atoms with Gasteiger partial charge in [0.1, 0.15) is 0 Å². The normalized spacial score (nSPS) is 10.8. The lowest BCUT2D eigenvalue weighted by Gasteiger charge is -2.07. The third-order valence-corrected chi connectivity index (χ3v) is 2.74. The molecule has 2 aromatic rings. The fourth-order valence-corrected chi connectivity index (χ4v) is 1.96. The van der Waals surface area contributed by atoms with Gasteiger partial charge in [-0.25, -0.2) is 4.68 Å². The van der Waals surface area contributed by atoms with Gasteiger partial charge < -0.3 is 5.32 Å². The van der Waals surface area contributed by atoms with Gasteiger partial charge >= 0.3 is 0 Å². The fraction of sp³-hybridized carbons (Fsp3) is 0.357. The SMILES string of the molecule is CCNCc1cccc(-n2nc(C)cc2C)c1. The Bertz CT molecular complexity index is 500. The summed E-state index contributed by atoms with van der Waals surface area (Å²) < 4.78 is 1.99. The molecule has 0 radical (unpaired) electrons. The minimum absolute atomic E-state index is 0.906. The molecule has 0 aliphatic heterocycles. The summed E-state index contributed by atoms with van der Waals surface area (Å²) in [5, 5.41) is 7.83. The van der Waals surface area contributed by atoms with Crippen LogP contribution in [0.3, 0.4) is 0 Å². The zero-order chi connectivity index (χ0) is 12.3. The molecule has 0 fully saturated rings. The molecular weight excluding hydrogens is 210 g/mol. The number of rotatable bonds is 4. The average Bonchev–Trinajstić information content (AvgIpc) is 2.66. The fourth-order valence-electron chi connectivity index (χ4n) is 1.96. The smallest absolute Gasteiger partial charge is 0.0651 e.